The second-order valence-corrected chi connectivity index (χ2v) is 7.70. The van der Waals surface area contributed by atoms with Crippen molar-refractivity contribution in [1.29, 1.82) is 0 Å². The van der Waals surface area contributed by atoms with Crippen LogP contribution in [0.1, 0.15) is 52.0 Å². The fraction of sp³-hybridized carbons (Fsp3) is 0.632. The van der Waals surface area contributed by atoms with E-state index in [4.69, 9.17) is 0 Å². The number of anilines is 1. The molecule has 0 atom stereocenters. The first-order chi connectivity index (χ1) is 10.3. The molecule has 2 rings (SSSR count). The highest BCUT2D eigenvalue weighted by atomic mass is 16.2. The molecule has 3 nitrogen and oxygen atoms in total. The summed E-state index contributed by atoms with van der Waals surface area (Å²) in [4.78, 5) is 16.5. The highest BCUT2D eigenvalue weighted by Crippen LogP contribution is 2.22. The summed E-state index contributed by atoms with van der Waals surface area (Å²) < 4.78 is 0. The zero-order valence-corrected chi connectivity index (χ0v) is 14.6. The minimum atomic E-state index is 0.0451. The Morgan fingerprint density at radius 1 is 1.09 bits per heavy atom. The number of piperidine rings is 1. The van der Waals surface area contributed by atoms with E-state index >= 15 is 0 Å². The summed E-state index contributed by atoms with van der Waals surface area (Å²) in [6.45, 7) is 9.34. The van der Waals surface area contributed by atoms with Crippen LogP contribution in [-0.4, -0.2) is 30.9 Å². The largest absolute Gasteiger partial charge is 0.372 e. The predicted molar refractivity (Wildman–Crippen MR) is 93.1 cm³/mol. The summed E-state index contributed by atoms with van der Waals surface area (Å²) in [5, 5.41) is 0. The van der Waals surface area contributed by atoms with Crippen molar-refractivity contribution in [2.75, 3.05) is 25.0 Å². The quantitative estimate of drug-likeness (QED) is 0.837. The number of benzene rings is 1. The van der Waals surface area contributed by atoms with Gasteiger partial charge in [0.1, 0.15) is 0 Å². The Labute approximate surface area is 135 Å². The topological polar surface area (TPSA) is 23.6 Å². The van der Waals surface area contributed by atoms with Gasteiger partial charge >= 0.3 is 0 Å². The van der Waals surface area contributed by atoms with Crippen molar-refractivity contribution < 1.29 is 4.79 Å². The third kappa shape index (κ3) is 5.04. The third-order valence-corrected chi connectivity index (χ3v) is 4.18. The Kier molecular flexibility index (Phi) is 5.49. The molecule has 0 bridgehead atoms. The van der Waals surface area contributed by atoms with Crippen LogP contribution in [0.3, 0.4) is 0 Å². The molecule has 0 unspecified atom stereocenters. The van der Waals surface area contributed by atoms with Gasteiger partial charge in [0.25, 0.3) is 0 Å². The van der Waals surface area contributed by atoms with Crippen LogP contribution in [-0.2, 0) is 11.3 Å². The zero-order valence-electron chi connectivity index (χ0n) is 14.6. The van der Waals surface area contributed by atoms with E-state index in [0.29, 0.717) is 13.0 Å². The van der Waals surface area contributed by atoms with Gasteiger partial charge in [0.05, 0.1) is 0 Å². The molecule has 1 aliphatic heterocycles. The maximum atomic E-state index is 12.2. The van der Waals surface area contributed by atoms with Crippen LogP contribution >= 0.6 is 0 Å². The lowest BCUT2D eigenvalue weighted by molar-refractivity contribution is -0.132. The summed E-state index contributed by atoms with van der Waals surface area (Å²) >= 11 is 0. The van der Waals surface area contributed by atoms with Crippen molar-refractivity contribution >= 4 is 11.6 Å². The Morgan fingerprint density at radius 2 is 1.68 bits per heavy atom. The molecule has 3 heteroatoms. The van der Waals surface area contributed by atoms with Crippen LogP contribution in [0, 0.1) is 5.41 Å². The van der Waals surface area contributed by atoms with E-state index in [0.717, 1.165) is 0 Å². The molecule has 0 N–H and O–H groups in total. The van der Waals surface area contributed by atoms with Gasteiger partial charge in [-0.15, -0.1) is 0 Å². The lowest BCUT2D eigenvalue weighted by atomic mass is 9.91. The van der Waals surface area contributed by atoms with Crippen LogP contribution in [0.15, 0.2) is 24.3 Å². The van der Waals surface area contributed by atoms with Crippen molar-refractivity contribution in [3.8, 4) is 0 Å². The molecule has 1 heterocycles. The van der Waals surface area contributed by atoms with Gasteiger partial charge in [-0.3, -0.25) is 4.79 Å². The van der Waals surface area contributed by atoms with Crippen LogP contribution in [0.5, 0.6) is 0 Å². The molecule has 122 valence electrons. The second kappa shape index (κ2) is 7.17. The number of nitrogens with zero attached hydrogens (tertiary/aromatic N) is 2. The number of hydrogen-bond acceptors (Lipinski definition) is 2. The average molecular weight is 302 g/mol. The molecular formula is C19H30N2O. The average Bonchev–Trinajstić information content (AvgIpc) is 2.47. The molecule has 0 spiro atoms. The molecule has 0 aromatic heterocycles. The minimum Gasteiger partial charge on any atom is -0.372 e. The highest BCUT2D eigenvalue weighted by Gasteiger charge is 2.19. The van der Waals surface area contributed by atoms with E-state index in [1.54, 1.807) is 0 Å². The van der Waals surface area contributed by atoms with Crippen molar-refractivity contribution in [2.24, 2.45) is 5.41 Å². The normalized spacial score (nSPS) is 15.7. The second-order valence-electron chi connectivity index (χ2n) is 7.70. The molecule has 22 heavy (non-hydrogen) atoms. The summed E-state index contributed by atoms with van der Waals surface area (Å²) in [6, 6.07) is 8.71. The zero-order chi connectivity index (χ0) is 16.2. The minimum absolute atomic E-state index is 0.0451. The summed E-state index contributed by atoms with van der Waals surface area (Å²) in [6.07, 6.45) is 4.54. The summed E-state index contributed by atoms with van der Waals surface area (Å²) in [5.41, 5.74) is 2.56. The maximum absolute atomic E-state index is 12.2. The van der Waals surface area contributed by atoms with Crippen molar-refractivity contribution in [3.63, 3.8) is 0 Å². The number of carbonyl (C=O) groups is 1. The molecule has 0 saturated carbocycles. The first-order valence-corrected chi connectivity index (χ1v) is 8.43. The van der Waals surface area contributed by atoms with Crippen LogP contribution in [0.25, 0.3) is 0 Å². The van der Waals surface area contributed by atoms with E-state index in [1.165, 1.54) is 43.6 Å². The van der Waals surface area contributed by atoms with Crippen molar-refractivity contribution in [1.82, 2.24) is 4.90 Å². The summed E-state index contributed by atoms with van der Waals surface area (Å²) in [7, 11) is 1.90. The van der Waals surface area contributed by atoms with Crippen LogP contribution < -0.4 is 4.90 Å². The van der Waals surface area contributed by atoms with E-state index < -0.39 is 0 Å². The molecule has 1 fully saturated rings. The molecule has 1 saturated heterocycles. The molecule has 1 amide bonds. The van der Waals surface area contributed by atoms with Crippen LogP contribution in [0.4, 0.5) is 5.69 Å². The number of amides is 1. The molecule has 0 radical (unpaired) electrons. The Balaban J connectivity index is 1.91. The van der Waals surface area contributed by atoms with Gasteiger partial charge in [-0.05, 0) is 42.4 Å². The van der Waals surface area contributed by atoms with Gasteiger partial charge in [0.15, 0.2) is 0 Å². The highest BCUT2D eigenvalue weighted by molar-refractivity contribution is 5.76. The Morgan fingerprint density at radius 3 is 2.23 bits per heavy atom. The fourth-order valence-corrected chi connectivity index (χ4v) is 2.91. The monoisotopic (exact) mass is 302 g/mol. The lowest BCUT2D eigenvalue weighted by Crippen LogP contribution is -2.30. The van der Waals surface area contributed by atoms with Gasteiger partial charge in [-0.25, -0.2) is 0 Å². The lowest BCUT2D eigenvalue weighted by Gasteiger charge is -2.29. The number of rotatable bonds is 4. The number of hydrogen-bond donors (Lipinski definition) is 0. The van der Waals surface area contributed by atoms with Gasteiger partial charge in [0, 0.05) is 38.8 Å². The molecule has 1 aromatic rings. The van der Waals surface area contributed by atoms with Gasteiger partial charge in [0.2, 0.25) is 5.91 Å². The standard InChI is InChI=1S/C19H30N2O/c1-19(2,3)14-18(22)20(4)15-16-8-10-17(11-9-16)21-12-6-5-7-13-21/h8-11H,5-7,12-15H2,1-4H3. The first kappa shape index (κ1) is 16.9. The molecule has 0 aliphatic carbocycles. The van der Waals surface area contributed by atoms with Crippen LogP contribution in [0.2, 0.25) is 0 Å². The van der Waals surface area contributed by atoms with Crippen molar-refractivity contribution in [2.45, 2.75) is 53.0 Å². The number of carbonyl (C=O) groups excluding carboxylic acids is 1. The predicted octanol–water partition coefficient (Wildman–Crippen LogP) is 4.07. The van der Waals surface area contributed by atoms with Gasteiger partial charge < -0.3 is 9.80 Å². The molecule has 1 aliphatic rings. The Bertz CT molecular complexity index is 481. The molecule has 1 aromatic carbocycles. The SMILES string of the molecule is CN(Cc1ccc(N2CCCCC2)cc1)C(=O)CC(C)(C)C. The van der Waals surface area contributed by atoms with E-state index in [1.807, 2.05) is 11.9 Å². The first-order valence-electron chi connectivity index (χ1n) is 8.43. The van der Waals surface area contributed by atoms with E-state index in [2.05, 4.69) is 49.9 Å². The Hall–Kier alpha value is -1.51. The maximum Gasteiger partial charge on any atom is 0.223 e. The fourth-order valence-electron chi connectivity index (χ4n) is 2.91. The third-order valence-electron chi connectivity index (χ3n) is 4.18. The summed E-state index contributed by atoms with van der Waals surface area (Å²) in [5.74, 6) is 0.215. The van der Waals surface area contributed by atoms with E-state index in [-0.39, 0.29) is 11.3 Å². The van der Waals surface area contributed by atoms with Crippen molar-refractivity contribution in [3.05, 3.63) is 29.8 Å². The smallest absolute Gasteiger partial charge is 0.223 e. The molecular weight excluding hydrogens is 272 g/mol. The van der Waals surface area contributed by atoms with Gasteiger partial charge in [-0.1, -0.05) is 32.9 Å². The van der Waals surface area contributed by atoms with Gasteiger partial charge in [-0.2, -0.15) is 0 Å². The van der Waals surface area contributed by atoms with E-state index in [9.17, 15) is 4.79 Å².